The Hall–Kier alpha value is -0.790. The zero-order valence-electron chi connectivity index (χ0n) is 5.27. The van der Waals surface area contributed by atoms with Crippen LogP contribution in [0.15, 0.2) is 12.2 Å². The van der Waals surface area contributed by atoms with Crippen LogP contribution in [-0.4, -0.2) is 12.5 Å². The Bertz CT molecular complexity index is 96.7. The number of hydrogen-bond donors (Lipinski definition) is 1. The lowest BCUT2D eigenvalue weighted by molar-refractivity contribution is 0.327. The molecule has 1 N–H and O–H groups in total. The van der Waals surface area contributed by atoms with Crippen molar-refractivity contribution in [2.75, 3.05) is 6.61 Å². The van der Waals surface area contributed by atoms with Gasteiger partial charge in [-0.3, -0.25) is 5.41 Å². The van der Waals surface area contributed by atoms with Crippen molar-refractivity contribution in [3.8, 4) is 0 Å². The molecule has 0 radical (unpaired) electrons. The molecule has 0 saturated heterocycles. The van der Waals surface area contributed by atoms with E-state index in [4.69, 9.17) is 10.1 Å². The molecular weight excluding hydrogens is 102 g/mol. The number of allylic oxidation sites excluding steroid dienone is 1. The molecule has 0 saturated carbocycles. The Kier molecular flexibility index (Phi) is 3.94. The van der Waals surface area contributed by atoms with E-state index in [1.165, 1.54) is 0 Å². The summed E-state index contributed by atoms with van der Waals surface area (Å²) in [6, 6.07) is 0. The summed E-state index contributed by atoms with van der Waals surface area (Å²) in [6.07, 6.45) is 3.39. The Morgan fingerprint density at radius 3 is 2.75 bits per heavy atom. The van der Waals surface area contributed by atoms with Gasteiger partial charge in [0.25, 0.3) is 0 Å². The van der Waals surface area contributed by atoms with Crippen molar-refractivity contribution >= 4 is 5.90 Å². The molecule has 0 unspecified atom stereocenters. The van der Waals surface area contributed by atoms with E-state index in [1.54, 1.807) is 12.2 Å². The van der Waals surface area contributed by atoms with E-state index in [-0.39, 0.29) is 5.90 Å². The Morgan fingerprint density at radius 1 is 1.75 bits per heavy atom. The first-order chi connectivity index (χ1) is 3.81. The second kappa shape index (κ2) is 4.37. The van der Waals surface area contributed by atoms with Gasteiger partial charge in [-0.2, -0.15) is 0 Å². The first-order valence-corrected chi connectivity index (χ1v) is 2.65. The SMILES string of the molecule is C/C=C/C(=N)OCC. The fraction of sp³-hybridized carbons (Fsp3) is 0.500. The highest BCUT2D eigenvalue weighted by molar-refractivity contribution is 5.84. The number of nitrogens with one attached hydrogen (secondary N) is 1. The maximum atomic E-state index is 6.98. The second-order valence-electron chi connectivity index (χ2n) is 1.30. The molecule has 0 aromatic rings. The van der Waals surface area contributed by atoms with Gasteiger partial charge in [-0.15, -0.1) is 0 Å². The van der Waals surface area contributed by atoms with Crippen molar-refractivity contribution in [2.24, 2.45) is 0 Å². The van der Waals surface area contributed by atoms with Crippen molar-refractivity contribution in [1.29, 1.82) is 5.41 Å². The minimum absolute atomic E-state index is 0.231. The molecule has 0 heterocycles. The summed E-state index contributed by atoms with van der Waals surface area (Å²) in [5, 5.41) is 6.98. The van der Waals surface area contributed by atoms with Crippen LogP contribution in [0.1, 0.15) is 13.8 Å². The first-order valence-electron chi connectivity index (χ1n) is 2.65. The summed E-state index contributed by atoms with van der Waals surface area (Å²) in [5.74, 6) is 0.231. The summed E-state index contributed by atoms with van der Waals surface area (Å²) in [6.45, 7) is 4.29. The molecule has 8 heavy (non-hydrogen) atoms. The van der Waals surface area contributed by atoms with Gasteiger partial charge in [0.1, 0.15) is 0 Å². The highest BCUT2D eigenvalue weighted by atomic mass is 16.5. The summed E-state index contributed by atoms with van der Waals surface area (Å²) in [5.41, 5.74) is 0. The molecule has 46 valence electrons. The third-order valence-corrected chi connectivity index (χ3v) is 0.618. The van der Waals surface area contributed by atoms with Crippen molar-refractivity contribution in [3.05, 3.63) is 12.2 Å². The van der Waals surface area contributed by atoms with Crippen LogP contribution in [0.25, 0.3) is 0 Å². The third kappa shape index (κ3) is 3.40. The first kappa shape index (κ1) is 7.21. The quantitative estimate of drug-likeness (QED) is 0.428. The van der Waals surface area contributed by atoms with Crippen LogP contribution in [0.2, 0.25) is 0 Å². The van der Waals surface area contributed by atoms with E-state index in [2.05, 4.69) is 0 Å². The van der Waals surface area contributed by atoms with Crippen LogP contribution in [0, 0.1) is 5.41 Å². The maximum Gasteiger partial charge on any atom is 0.205 e. The second-order valence-corrected chi connectivity index (χ2v) is 1.30. The van der Waals surface area contributed by atoms with E-state index in [1.807, 2.05) is 13.8 Å². The van der Waals surface area contributed by atoms with Gasteiger partial charge < -0.3 is 4.74 Å². The molecule has 0 aliphatic heterocycles. The molecule has 0 aliphatic carbocycles. The molecule has 2 nitrogen and oxygen atoms in total. The lowest BCUT2D eigenvalue weighted by Gasteiger charge is -1.95. The van der Waals surface area contributed by atoms with E-state index in [9.17, 15) is 0 Å². The molecular formula is C6H11NO. The number of rotatable bonds is 2. The van der Waals surface area contributed by atoms with Crippen LogP contribution in [0.3, 0.4) is 0 Å². The Morgan fingerprint density at radius 2 is 2.38 bits per heavy atom. The highest BCUT2D eigenvalue weighted by Crippen LogP contribution is 1.79. The Labute approximate surface area is 49.7 Å². The fourth-order valence-corrected chi connectivity index (χ4v) is 0.355. The van der Waals surface area contributed by atoms with E-state index >= 15 is 0 Å². The van der Waals surface area contributed by atoms with E-state index in [0.717, 1.165) is 0 Å². The predicted molar refractivity (Wildman–Crippen MR) is 34.2 cm³/mol. The van der Waals surface area contributed by atoms with Gasteiger partial charge in [0.05, 0.1) is 6.61 Å². The lowest BCUT2D eigenvalue weighted by atomic mass is 10.5. The summed E-state index contributed by atoms with van der Waals surface area (Å²) in [4.78, 5) is 0. The molecule has 0 amide bonds. The van der Waals surface area contributed by atoms with E-state index in [0.29, 0.717) is 6.61 Å². The summed E-state index contributed by atoms with van der Waals surface area (Å²) in [7, 11) is 0. The zero-order valence-corrected chi connectivity index (χ0v) is 5.27. The van der Waals surface area contributed by atoms with Gasteiger partial charge in [-0.05, 0) is 19.9 Å². The number of ether oxygens (including phenoxy) is 1. The molecule has 0 spiro atoms. The topological polar surface area (TPSA) is 33.1 Å². The number of hydrogen-bond acceptors (Lipinski definition) is 2. The van der Waals surface area contributed by atoms with Crippen LogP contribution >= 0.6 is 0 Å². The molecule has 0 atom stereocenters. The van der Waals surface area contributed by atoms with E-state index < -0.39 is 0 Å². The molecule has 0 aliphatic rings. The largest absolute Gasteiger partial charge is 0.478 e. The smallest absolute Gasteiger partial charge is 0.205 e. The Balaban J connectivity index is 3.33. The predicted octanol–water partition coefficient (Wildman–Crippen LogP) is 1.58. The van der Waals surface area contributed by atoms with Crippen molar-refractivity contribution < 1.29 is 4.74 Å². The minimum Gasteiger partial charge on any atom is -0.478 e. The van der Waals surface area contributed by atoms with Crippen molar-refractivity contribution in [3.63, 3.8) is 0 Å². The van der Waals surface area contributed by atoms with Crippen molar-refractivity contribution in [2.45, 2.75) is 13.8 Å². The average molecular weight is 113 g/mol. The fourth-order valence-electron chi connectivity index (χ4n) is 0.355. The molecule has 0 aromatic carbocycles. The minimum atomic E-state index is 0.231. The van der Waals surface area contributed by atoms with Gasteiger partial charge >= 0.3 is 0 Å². The van der Waals surface area contributed by atoms with Gasteiger partial charge in [-0.25, -0.2) is 0 Å². The van der Waals surface area contributed by atoms with Gasteiger partial charge in [0.15, 0.2) is 0 Å². The monoisotopic (exact) mass is 113 g/mol. The molecule has 0 bridgehead atoms. The van der Waals surface area contributed by atoms with Gasteiger partial charge in [0, 0.05) is 0 Å². The molecule has 2 heteroatoms. The molecule has 0 aromatic heterocycles. The maximum absolute atomic E-state index is 6.98. The van der Waals surface area contributed by atoms with Crippen LogP contribution in [0.4, 0.5) is 0 Å². The summed E-state index contributed by atoms with van der Waals surface area (Å²) < 4.78 is 4.78. The zero-order chi connectivity index (χ0) is 6.41. The molecule has 0 fully saturated rings. The molecule has 0 rings (SSSR count). The van der Waals surface area contributed by atoms with Crippen molar-refractivity contribution in [1.82, 2.24) is 0 Å². The van der Waals surface area contributed by atoms with Gasteiger partial charge in [-0.1, -0.05) is 6.08 Å². The average Bonchev–Trinajstić information content (AvgIpc) is 1.68. The normalized spacial score (nSPS) is 9.75. The van der Waals surface area contributed by atoms with Gasteiger partial charge in [0.2, 0.25) is 5.90 Å². The van der Waals surface area contributed by atoms with Crippen LogP contribution in [0.5, 0.6) is 0 Å². The third-order valence-electron chi connectivity index (χ3n) is 0.618. The van der Waals surface area contributed by atoms with Crippen LogP contribution in [-0.2, 0) is 4.74 Å². The highest BCUT2D eigenvalue weighted by Gasteiger charge is 1.82. The summed E-state index contributed by atoms with van der Waals surface area (Å²) >= 11 is 0. The lowest BCUT2D eigenvalue weighted by Crippen LogP contribution is -1.96. The standard InChI is InChI=1S/C6H11NO/c1-3-5-6(7)8-4-2/h3,5,7H,4H2,1-2H3/b5-3+,7-6?. The van der Waals surface area contributed by atoms with Crippen LogP contribution < -0.4 is 0 Å².